The predicted molar refractivity (Wildman–Crippen MR) is 67.3 cm³/mol. The van der Waals surface area contributed by atoms with Crippen molar-refractivity contribution in [2.45, 2.75) is 0 Å². The fraction of sp³-hybridized carbons (Fsp3) is 0. The molecule has 0 bridgehead atoms. The van der Waals surface area contributed by atoms with E-state index in [0.717, 1.165) is 21.6 Å². The molecule has 0 aliphatic carbocycles. The summed E-state index contributed by atoms with van der Waals surface area (Å²) < 4.78 is 0. The van der Waals surface area contributed by atoms with Crippen molar-refractivity contribution in [3.05, 3.63) is 41.9 Å². The Morgan fingerprint density at radius 2 is 2.06 bits per heavy atom. The largest absolute Gasteiger partial charge is 0.399 e. The maximum Gasteiger partial charge on any atom is 0.0992 e. The van der Waals surface area contributed by atoms with Gasteiger partial charge in [0.2, 0.25) is 0 Å². The molecule has 0 spiro atoms. The Morgan fingerprint density at radius 3 is 2.88 bits per heavy atom. The normalized spacial score (nSPS) is 10.8. The summed E-state index contributed by atoms with van der Waals surface area (Å²) in [6, 6.07) is 9.62. The molecule has 2 heterocycles. The van der Waals surface area contributed by atoms with Gasteiger partial charge in [-0.25, -0.2) is 4.98 Å². The predicted octanol–water partition coefficient (Wildman–Crippen LogP) is 2.94. The third-order valence-electron chi connectivity index (χ3n) is 2.34. The first-order valence-corrected chi connectivity index (χ1v) is 5.77. The molecule has 4 heteroatoms. The van der Waals surface area contributed by atoms with E-state index < -0.39 is 0 Å². The number of benzene rings is 1. The van der Waals surface area contributed by atoms with E-state index in [-0.39, 0.29) is 0 Å². The van der Waals surface area contributed by atoms with Crippen molar-refractivity contribution >= 4 is 28.1 Å². The van der Waals surface area contributed by atoms with Crippen LogP contribution in [0.1, 0.15) is 0 Å². The topological polar surface area (TPSA) is 51.8 Å². The van der Waals surface area contributed by atoms with Crippen LogP contribution in [-0.2, 0) is 0 Å². The minimum atomic E-state index is 0.714. The summed E-state index contributed by atoms with van der Waals surface area (Å²) in [6.07, 6.45) is 1.79. The minimum absolute atomic E-state index is 0.714. The standard InChI is InChI=1S/C12H9N3S/c13-8-3-4-9-10(6-8)14-7-11(15-9)12-2-1-5-16-12/h1-7H,13H2. The number of thiophene rings is 1. The summed E-state index contributed by atoms with van der Waals surface area (Å²) in [5.41, 5.74) is 9.02. The van der Waals surface area contributed by atoms with Gasteiger partial charge in [-0.2, -0.15) is 0 Å². The lowest BCUT2D eigenvalue weighted by Gasteiger charge is -2.00. The number of anilines is 1. The molecule has 2 N–H and O–H groups in total. The molecule has 3 aromatic rings. The summed E-state index contributed by atoms with van der Waals surface area (Å²) in [7, 11) is 0. The Balaban J connectivity index is 2.20. The van der Waals surface area contributed by atoms with Gasteiger partial charge in [-0.15, -0.1) is 11.3 Å². The molecule has 1 aromatic carbocycles. The van der Waals surface area contributed by atoms with Gasteiger partial charge in [-0.1, -0.05) is 6.07 Å². The quantitative estimate of drug-likeness (QED) is 0.650. The molecule has 0 aliphatic rings. The molecule has 78 valence electrons. The third kappa shape index (κ3) is 1.53. The van der Waals surface area contributed by atoms with Crippen LogP contribution in [-0.4, -0.2) is 9.97 Å². The van der Waals surface area contributed by atoms with Gasteiger partial charge >= 0.3 is 0 Å². The smallest absolute Gasteiger partial charge is 0.0992 e. The fourth-order valence-corrected chi connectivity index (χ4v) is 2.25. The van der Waals surface area contributed by atoms with E-state index in [1.807, 2.05) is 35.7 Å². The number of hydrogen-bond acceptors (Lipinski definition) is 4. The average molecular weight is 227 g/mol. The van der Waals surface area contributed by atoms with Crippen LogP contribution in [0.4, 0.5) is 5.69 Å². The van der Waals surface area contributed by atoms with E-state index in [9.17, 15) is 0 Å². The Kier molecular flexibility index (Phi) is 2.08. The van der Waals surface area contributed by atoms with Crippen LogP contribution in [0.3, 0.4) is 0 Å². The molecule has 0 unspecified atom stereocenters. The Morgan fingerprint density at radius 1 is 1.12 bits per heavy atom. The second-order valence-corrected chi connectivity index (χ2v) is 4.43. The van der Waals surface area contributed by atoms with Gasteiger partial charge in [0, 0.05) is 5.69 Å². The van der Waals surface area contributed by atoms with Crippen molar-refractivity contribution in [2.75, 3.05) is 5.73 Å². The zero-order chi connectivity index (χ0) is 11.0. The summed E-state index contributed by atoms with van der Waals surface area (Å²) in [4.78, 5) is 10.0. The molecule has 2 aromatic heterocycles. The molecule has 0 amide bonds. The molecule has 0 aliphatic heterocycles. The lowest BCUT2D eigenvalue weighted by Crippen LogP contribution is -1.89. The Labute approximate surface area is 96.6 Å². The highest BCUT2D eigenvalue weighted by molar-refractivity contribution is 7.13. The number of nitrogen functional groups attached to an aromatic ring is 1. The molecular weight excluding hydrogens is 218 g/mol. The van der Waals surface area contributed by atoms with Crippen molar-refractivity contribution in [3.63, 3.8) is 0 Å². The van der Waals surface area contributed by atoms with E-state index >= 15 is 0 Å². The first-order chi connectivity index (χ1) is 7.83. The SMILES string of the molecule is Nc1ccc2nc(-c3cccs3)cnc2c1. The molecule has 0 saturated heterocycles. The highest BCUT2D eigenvalue weighted by Gasteiger charge is 2.03. The monoisotopic (exact) mass is 227 g/mol. The number of nitrogens with zero attached hydrogens (tertiary/aromatic N) is 2. The third-order valence-corrected chi connectivity index (χ3v) is 3.23. The van der Waals surface area contributed by atoms with Crippen molar-refractivity contribution in [2.24, 2.45) is 0 Å². The number of hydrogen-bond donors (Lipinski definition) is 1. The highest BCUT2D eigenvalue weighted by atomic mass is 32.1. The molecule has 16 heavy (non-hydrogen) atoms. The van der Waals surface area contributed by atoms with Crippen LogP contribution >= 0.6 is 11.3 Å². The van der Waals surface area contributed by atoms with Gasteiger partial charge in [0.15, 0.2) is 0 Å². The summed E-state index contributed by atoms with van der Waals surface area (Å²) in [5.74, 6) is 0. The molecule has 3 nitrogen and oxygen atoms in total. The van der Waals surface area contributed by atoms with E-state index in [1.54, 1.807) is 17.5 Å². The lowest BCUT2D eigenvalue weighted by atomic mass is 10.2. The van der Waals surface area contributed by atoms with Gasteiger partial charge in [0.25, 0.3) is 0 Å². The molecule has 0 radical (unpaired) electrons. The number of aromatic nitrogens is 2. The van der Waals surface area contributed by atoms with Gasteiger partial charge in [-0.05, 0) is 29.6 Å². The van der Waals surface area contributed by atoms with Crippen LogP contribution in [0.15, 0.2) is 41.9 Å². The van der Waals surface area contributed by atoms with Crippen LogP contribution in [0.5, 0.6) is 0 Å². The summed E-state index contributed by atoms with van der Waals surface area (Å²) >= 11 is 1.66. The lowest BCUT2D eigenvalue weighted by molar-refractivity contribution is 1.30. The molecule has 0 saturated carbocycles. The zero-order valence-corrected chi connectivity index (χ0v) is 9.24. The minimum Gasteiger partial charge on any atom is -0.399 e. The fourth-order valence-electron chi connectivity index (χ4n) is 1.57. The van der Waals surface area contributed by atoms with Crippen LogP contribution in [0, 0.1) is 0 Å². The molecule has 0 atom stereocenters. The van der Waals surface area contributed by atoms with E-state index in [2.05, 4.69) is 9.97 Å². The first-order valence-electron chi connectivity index (χ1n) is 4.89. The second kappa shape index (κ2) is 3.57. The van der Waals surface area contributed by atoms with Crippen LogP contribution < -0.4 is 5.73 Å². The van der Waals surface area contributed by atoms with Crippen LogP contribution in [0.2, 0.25) is 0 Å². The first kappa shape index (κ1) is 9.30. The van der Waals surface area contributed by atoms with Gasteiger partial charge < -0.3 is 5.73 Å². The molecule has 0 fully saturated rings. The van der Waals surface area contributed by atoms with Crippen molar-refractivity contribution < 1.29 is 0 Å². The summed E-state index contributed by atoms with van der Waals surface area (Å²) in [5, 5.41) is 2.03. The van der Waals surface area contributed by atoms with Gasteiger partial charge in [0.05, 0.1) is 27.8 Å². The number of fused-ring (bicyclic) bond motifs is 1. The van der Waals surface area contributed by atoms with E-state index in [1.165, 1.54) is 0 Å². The highest BCUT2D eigenvalue weighted by Crippen LogP contribution is 2.24. The van der Waals surface area contributed by atoms with E-state index in [0.29, 0.717) is 5.69 Å². The zero-order valence-electron chi connectivity index (χ0n) is 8.42. The van der Waals surface area contributed by atoms with Gasteiger partial charge in [-0.3, -0.25) is 4.98 Å². The molecular formula is C12H9N3S. The Bertz CT molecular complexity index is 632. The van der Waals surface area contributed by atoms with Crippen molar-refractivity contribution in [3.8, 4) is 10.6 Å². The van der Waals surface area contributed by atoms with Crippen LogP contribution in [0.25, 0.3) is 21.6 Å². The van der Waals surface area contributed by atoms with Crippen molar-refractivity contribution in [1.82, 2.24) is 9.97 Å². The summed E-state index contributed by atoms with van der Waals surface area (Å²) in [6.45, 7) is 0. The number of nitrogens with two attached hydrogens (primary N) is 1. The second-order valence-electron chi connectivity index (χ2n) is 3.48. The Hall–Kier alpha value is -1.94. The average Bonchev–Trinajstić information content (AvgIpc) is 2.82. The van der Waals surface area contributed by atoms with E-state index in [4.69, 9.17) is 5.73 Å². The maximum absolute atomic E-state index is 5.69. The van der Waals surface area contributed by atoms with Crippen molar-refractivity contribution in [1.29, 1.82) is 0 Å². The van der Waals surface area contributed by atoms with Gasteiger partial charge in [0.1, 0.15) is 0 Å². The number of rotatable bonds is 1. The maximum atomic E-state index is 5.69. The molecule has 3 rings (SSSR count).